The fourth-order valence-electron chi connectivity index (χ4n) is 2.66. The Bertz CT molecular complexity index is 947. The molecule has 0 fully saturated rings. The van der Waals surface area contributed by atoms with Crippen LogP contribution in [0, 0.1) is 0 Å². The van der Waals surface area contributed by atoms with E-state index in [9.17, 15) is 4.79 Å². The van der Waals surface area contributed by atoms with Crippen molar-refractivity contribution in [3.05, 3.63) is 48.5 Å². The van der Waals surface area contributed by atoms with E-state index in [4.69, 9.17) is 4.74 Å². The summed E-state index contributed by atoms with van der Waals surface area (Å²) in [5.41, 5.74) is 2.82. The average molecular weight is 322 g/mol. The smallest absolute Gasteiger partial charge is 0.353 e. The van der Waals surface area contributed by atoms with Gasteiger partial charge in [-0.05, 0) is 31.2 Å². The van der Waals surface area contributed by atoms with Crippen LogP contribution in [0.5, 0.6) is 0 Å². The lowest BCUT2D eigenvalue weighted by Gasteiger charge is -2.16. The number of aromatic nitrogens is 6. The first-order chi connectivity index (χ1) is 11.8. The normalized spacial score (nSPS) is 11.4. The molecular formula is C16H14N6O2. The average Bonchev–Trinajstić information content (AvgIpc) is 3.21. The van der Waals surface area contributed by atoms with Crippen molar-refractivity contribution in [1.82, 2.24) is 30.0 Å². The number of hydrogen-bond acceptors (Lipinski definition) is 6. The fraction of sp³-hybridized carbons (Fsp3) is 0.188. The maximum Gasteiger partial charge on any atom is 0.353 e. The van der Waals surface area contributed by atoms with Crippen LogP contribution in [0.15, 0.2) is 48.5 Å². The van der Waals surface area contributed by atoms with Crippen molar-refractivity contribution in [3.8, 4) is 0 Å². The minimum absolute atomic E-state index is 0.259. The third-order valence-electron chi connectivity index (χ3n) is 3.72. The van der Waals surface area contributed by atoms with Crippen LogP contribution in [0.4, 0.5) is 0 Å². The van der Waals surface area contributed by atoms with Crippen LogP contribution in [-0.2, 0) is 9.53 Å². The molecule has 0 aliphatic carbocycles. The fourth-order valence-corrected chi connectivity index (χ4v) is 2.66. The Labute approximate surface area is 136 Å². The van der Waals surface area contributed by atoms with Crippen LogP contribution in [0.3, 0.4) is 0 Å². The van der Waals surface area contributed by atoms with Crippen molar-refractivity contribution in [1.29, 1.82) is 0 Å². The lowest BCUT2D eigenvalue weighted by Crippen LogP contribution is -2.30. The summed E-state index contributed by atoms with van der Waals surface area (Å²) in [4.78, 5) is 12.6. The van der Waals surface area contributed by atoms with Gasteiger partial charge in [-0.25, -0.2) is 14.2 Å². The molecule has 0 atom stereocenters. The molecule has 24 heavy (non-hydrogen) atoms. The monoisotopic (exact) mass is 322 g/mol. The second kappa shape index (κ2) is 5.73. The zero-order chi connectivity index (χ0) is 16.5. The number of ether oxygens (including phenoxy) is 1. The third kappa shape index (κ3) is 2.19. The van der Waals surface area contributed by atoms with Gasteiger partial charge in [-0.1, -0.05) is 34.7 Å². The van der Waals surface area contributed by atoms with Gasteiger partial charge in [0.2, 0.25) is 6.17 Å². The first kappa shape index (κ1) is 14.3. The van der Waals surface area contributed by atoms with E-state index in [1.165, 1.54) is 9.36 Å². The Hall–Kier alpha value is -3.29. The molecule has 0 radical (unpaired) electrons. The number of carbonyl (C=O) groups excluding carboxylic acids is 1. The van der Waals surface area contributed by atoms with Crippen molar-refractivity contribution in [2.24, 2.45) is 0 Å². The van der Waals surface area contributed by atoms with Gasteiger partial charge >= 0.3 is 5.97 Å². The lowest BCUT2D eigenvalue weighted by molar-refractivity contribution is -0.148. The van der Waals surface area contributed by atoms with Crippen molar-refractivity contribution in [2.75, 3.05) is 6.61 Å². The predicted molar refractivity (Wildman–Crippen MR) is 86.1 cm³/mol. The Morgan fingerprint density at radius 3 is 1.96 bits per heavy atom. The van der Waals surface area contributed by atoms with Crippen molar-refractivity contribution in [3.63, 3.8) is 0 Å². The predicted octanol–water partition coefficient (Wildman–Crippen LogP) is 1.79. The van der Waals surface area contributed by atoms with Gasteiger partial charge in [-0.3, -0.25) is 0 Å². The highest BCUT2D eigenvalue weighted by Gasteiger charge is 2.29. The second-order valence-electron chi connectivity index (χ2n) is 5.17. The van der Waals surface area contributed by atoms with Gasteiger partial charge in [-0.15, -0.1) is 10.2 Å². The van der Waals surface area contributed by atoms with Crippen molar-refractivity contribution in [2.45, 2.75) is 13.1 Å². The van der Waals surface area contributed by atoms with E-state index < -0.39 is 12.1 Å². The molecule has 0 amide bonds. The molecule has 2 heterocycles. The molecule has 120 valence electrons. The number of para-hydroxylation sites is 2. The number of fused-ring (bicyclic) bond motifs is 2. The number of carbonyl (C=O) groups is 1. The summed E-state index contributed by atoms with van der Waals surface area (Å²) in [6, 6.07) is 14.8. The van der Waals surface area contributed by atoms with Crippen LogP contribution in [0.25, 0.3) is 22.1 Å². The summed E-state index contributed by atoms with van der Waals surface area (Å²) < 4.78 is 8.25. The van der Waals surface area contributed by atoms with E-state index >= 15 is 0 Å². The molecule has 8 heteroatoms. The minimum atomic E-state index is -0.912. The molecule has 0 unspecified atom stereocenters. The van der Waals surface area contributed by atoms with Gasteiger partial charge in [0.05, 0.1) is 17.6 Å². The maximum absolute atomic E-state index is 12.6. The Morgan fingerprint density at radius 2 is 1.46 bits per heavy atom. The van der Waals surface area contributed by atoms with Gasteiger partial charge in [0.15, 0.2) is 0 Å². The van der Waals surface area contributed by atoms with Gasteiger partial charge in [-0.2, -0.15) is 0 Å². The first-order valence-electron chi connectivity index (χ1n) is 7.56. The van der Waals surface area contributed by atoms with Gasteiger partial charge in [0.1, 0.15) is 11.0 Å². The zero-order valence-electron chi connectivity index (χ0n) is 12.9. The molecule has 2 aromatic carbocycles. The van der Waals surface area contributed by atoms with Crippen molar-refractivity contribution < 1.29 is 9.53 Å². The van der Waals surface area contributed by atoms with E-state index in [-0.39, 0.29) is 6.61 Å². The van der Waals surface area contributed by atoms with Gasteiger partial charge in [0, 0.05) is 0 Å². The van der Waals surface area contributed by atoms with Crippen molar-refractivity contribution >= 4 is 28.0 Å². The summed E-state index contributed by atoms with van der Waals surface area (Å²) >= 11 is 0. The highest BCUT2D eigenvalue weighted by molar-refractivity contribution is 5.82. The molecule has 4 aromatic rings. The SMILES string of the molecule is CCOC(=O)C(n1nnc2ccccc21)n1nnc2ccccc21. The molecular weight excluding hydrogens is 308 g/mol. The molecule has 2 aromatic heterocycles. The molecule has 8 nitrogen and oxygen atoms in total. The van der Waals surface area contributed by atoms with E-state index in [0.717, 1.165) is 11.0 Å². The van der Waals surface area contributed by atoms with Crippen LogP contribution in [0.2, 0.25) is 0 Å². The second-order valence-corrected chi connectivity index (χ2v) is 5.17. The lowest BCUT2D eigenvalue weighted by atomic mass is 10.3. The standard InChI is InChI=1S/C16H14N6O2/c1-2-24-16(23)15(21-13-9-5-3-7-11(13)17-19-21)22-14-10-6-4-8-12(14)18-20-22/h3-10,15H,2H2,1H3. The van der Waals surface area contributed by atoms with E-state index in [1.54, 1.807) is 6.92 Å². The molecule has 0 bridgehead atoms. The number of nitrogens with zero attached hydrogens (tertiary/aromatic N) is 6. The summed E-state index contributed by atoms with van der Waals surface area (Å²) in [6.07, 6.45) is -0.912. The third-order valence-corrected chi connectivity index (χ3v) is 3.72. The van der Waals surface area contributed by atoms with Crippen LogP contribution < -0.4 is 0 Å². The van der Waals surface area contributed by atoms with E-state index in [1.807, 2.05) is 48.5 Å². The number of benzene rings is 2. The topological polar surface area (TPSA) is 87.7 Å². The van der Waals surface area contributed by atoms with Gasteiger partial charge in [0.25, 0.3) is 0 Å². The van der Waals surface area contributed by atoms with Crippen LogP contribution in [-0.4, -0.2) is 42.6 Å². The van der Waals surface area contributed by atoms with Crippen LogP contribution in [0.1, 0.15) is 13.1 Å². The highest BCUT2D eigenvalue weighted by Crippen LogP contribution is 2.22. The number of rotatable bonds is 4. The highest BCUT2D eigenvalue weighted by atomic mass is 16.5. The quantitative estimate of drug-likeness (QED) is 0.532. The van der Waals surface area contributed by atoms with Gasteiger partial charge < -0.3 is 4.74 Å². The number of hydrogen-bond donors (Lipinski definition) is 0. The number of esters is 1. The largest absolute Gasteiger partial charge is 0.463 e. The first-order valence-corrected chi connectivity index (χ1v) is 7.56. The molecule has 0 spiro atoms. The van der Waals surface area contributed by atoms with E-state index in [2.05, 4.69) is 20.6 Å². The zero-order valence-corrected chi connectivity index (χ0v) is 12.9. The Kier molecular flexibility index (Phi) is 3.42. The minimum Gasteiger partial charge on any atom is -0.463 e. The van der Waals surface area contributed by atoms with Crippen LogP contribution >= 0.6 is 0 Å². The summed E-state index contributed by atoms with van der Waals surface area (Å²) in [5, 5.41) is 16.5. The Morgan fingerprint density at radius 1 is 0.958 bits per heavy atom. The summed E-state index contributed by atoms with van der Waals surface area (Å²) in [7, 11) is 0. The summed E-state index contributed by atoms with van der Waals surface area (Å²) in [5.74, 6) is -0.469. The molecule has 4 rings (SSSR count). The maximum atomic E-state index is 12.6. The Balaban J connectivity index is 1.93. The molecule has 0 N–H and O–H groups in total. The molecule has 0 saturated heterocycles. The molecule has 0 aliphatic rings. The molecule has 0 saturated carbocycles. The summed E-state index contributed by atoms with van der Waals surface area (Å²) in [6.45, 7) is 2.02. The van der Waals surface area contributed by atoms with E-state index in [0.29, 0.717) is 11.0 Å². The molecule has 0 aliphatic heterocycles.